The summed E-state index contributed by atoms with van der Waals surface area (Å²) in [6.45, 7) is 2.03. The maximum atomic E-state index is 6.19. The fourth-order valence-corrected chi connectivity index (χ4v) is 2.27. The second kappa shape index (κ2) is 4.85. The smallest absolute Gasteiger partial charge is 0.203 e. The second-order valence-electron chi connectivity index (χ2n) is 4.23. The van der Waals surface area contributed by atoms with E-state index in [1.807, 2.05) is 35.6 Å². The highest BCUT2D eigenvalue weighted by molar-refractivity contribution is 6.31. The number of hydrogen-bond acceptors (Lipinski definition) is 4. The summed E-state index contributed by atoms with van der Waals surface area (Å²) in [5.41, 5.74) is 1.72. The van der Waals surface area contributed by atoms with Crippen LogP contribution in [-0.4, -0.2) is 19.6 Å². The van der Waals surface area contributed by atoms with Crippen LogP contribution < -0.4 is 5.32 Å². The molecule has 0 radical (unpaired) electrons. The maximum Gasteiger partial charge on any atom is 0.203 e. The highest BCUT2D eigenvalue weighted by Gasteiger charge is 2.12. The number of hydrogen-bond donors (Lipinski definition) is 1. The fraction of sp³-hybridized carbons (Fsp3) is 0.154. The van der Waals surface area contributed by atoms with Crippen LogP contribution >= 0.6 is 11.6 Å². The first-order valence-electron chi connectivity index (χ1n) is 5.91. The topological polar surface area (TPSA) is 55.1 Å². The van der Waals surface area contributed by atoms with E-state index in [1.54, 1.807) is 18.7 Å². The maximum absolute atomic E-state index is 6.19. The van der Waals surface area contributed by atoms with Crippen LogP contribution in [0.4, 0.5) is 5.82 Å². The van der Waals surface area contributed by atoms with Crippen molar-refractivity contribution in [3.8, 4) is 0 Å². The Labute approximate surface area is 115 Å². The van der Waals surface area contributed by atoms with E-state index < -0.39 is 0 Å². The summed E-state index contributed by atoms with van der Waals surface area (Å²) in [5.74, 6) is 0.687. The van der Waals surface area contributed by atoms with Gasteiger partial charge in [-0.25, -0.2) is 4.98 Å². The van der Waals surface area contributed by atoms with Gasteiger partial charge >= 0.3 is 0 Å². The van der Waals surface area contributed by atoms with Crippen LogP contribution in [0.5, 0.6) is 0 Å². The van der Waals surface area contributed by atoms with Gasteiger partial charge in [0.1, 0.15) is 6.33 Å². The standard InChI is InChI=1S/C13H12ClN5/c1-9(10-4-2-3-5-11(10)14)17-12-13-18-16-8-19(13)7-6-15-12/h2-9H,1H3,(H,15,17). The molecule has 0 fully saturated rings. The number of rotatable bonds is 3. The average Bonchev–Trinajstić information content (AvgIpc) is 2.88. The number of anilines is 1. The summed E-state index contributed by atoms with van der Waals surface area (Å²) in [6.07, 6.45) is 5.15. The van der Waals surface area contributed by atoms with E-state index in [2.05, 4.69) is 20.5 Å². The average molecular weight is 274 g/mol. The van der Waals surface area contributed by atoms with Gasteiger partial charge in [0.2, 0.25) is 5.65 Å². The lowest BCUT2D eigenvalue weighted by Crippen LogP contribution is -2.09. The molecule has 0 spiro atoms. The Bertz CT molecular complexity index is 709. The molecule has 1 atom stereocenters. The van der Waals surface area contributed by atoms with E-state index >= 15 is 0 Å². The first-order valence-corrected chi connectivity index (χ1v) is 6.29. The third kappa shape index (κ3) is 2.24. The van der Waals surface area contributed by atoms with Crippen LogP contribution in [0.1, 0.15) is 18.5 Å². The normalized spacial score (nSPS) is 12.5. The van der Waals surface area contributed by atoms with Gasteiger partial charge in [-0.05, 0) is 18.6 Å². The van der Waals surface area contributed by atoms with Crippen LogP contribution in [-0.2, 0) is 0 Å². The molecule has 5 nitrogen and oxygen atoms in total. The van der Waals surface area contributed by atoms with Gasteiger partial charge in [0.05, 0.1) is 6.04 Å². The lowest BCUT2D eigenvalue weighted by molar-refractivity contribution is 0.872. The molecule has 1 aromatic carbocycles. The van der Waals surface area contributed by atoms with Gasteiger partial charge in [-0.1, -0.05) is 29.8 Å². The zero-order chi connectivity index (χ0) is 13.2. The summed E-state index contributed by atoms with van der Waals surface area (Å²) in [6, 6.07) is 7.77. The molecule has 0 aliphatic carbocycles. The van der Waals surface area contributed by atoms with Crippen LogP contribution in [0, 0.1) is 0 Å². The number of halogens is 1. The molecule has 3 aromatic rings. The van der Waals surface area contributed by atoms with Crippen LogP contribution in [0.2, 0.25) is 5.02 Å². The molecule has 2 aromatic heterocycles. The molecular formula is C13H12ClN5. The van der Waals surface area contributed by atoms with Crippen molar-refractivity contribution in [1.82, 2.24) is 19.6 Å². The molecule has 0 amide bonds. The van der Waals surface area contributed by atoms with Gasteiger partial charge in [-0.3, -0.25) is 4.40 Å². The van der Waals surface area contributed by atoms with Gasteiger partial charge < -0.3 is 5.32 Å². The lowest BCUT2D eigenvalue weighted by atomic mass is 10.1. The van der Waals surface area contributed by atoms with Gasteiger partial charge in [0, 0.05) is 17.4 Å². The molecule has 3 rings (SSSR count). The Hall–Kier alpha value is -2.14. The minimum absolute atomic E-state index is 0.0316. The van der Waals surface area contributed by atoms with Crippen molar-refractivity contribution in [1.29, 1.82) is 0 Å². The van der Waals surface area contributed by atoms with Crippen molar-refractivity contribution in [3.63, 3.8) is 0 Å². The van der Waals surface area contributed by atoms with Crippen LogP contribution in [0.25, 0.3) is 5.65 Å². The highest BCUT2D eigenvalue weighted by Crippen LogP contribution is 2.25. The largest absolute Gasteiger partial charge is 0.360 e. The molecule has 0 aliphatic rings. The predicted octanol–water partition coefficient (Wildman–Crippen LogP) is 2.95. The Balaban J connectivity index is 1.93. The Morgan fingerprint density at radius 2 is 2.16 bits per heavy atom. The first-order chi connectivity index (χ1) is 9.25. The molecule has 19 heavy (non-hydrogen) atoms. The number of nitrogens with zero attached hydrogens (tertiary/aromatic N) is 4. The summed E-state index contributed by atoms with van der Waals surface area (Å²) >= 11 is 6.19. The van der Waals surface area contributed by atoms with Crippen molar-refractivity contribution in [2.75, 3.05) is 5.32 Å². The number of fused-ring (bicyclic) bond motifs is 1. The van der Waals surface area contributed by atoms with Gasteiger partial charge in [0.15, 0.2) is 5.82 Å². The molecular weight excluding hydrogens is 262 g/mol. The monoisotopic (exact) mass is 273 g/mol. The molecule has 2 heterocycles. The number of nitrogens with one attached hydrogen (secondary N) is 1. The van der Waals surface area contributed by atoms with Crippen molar-refractivity contribution in [2.24, 2.45) is 0 Å². The van der Waals surface area contributed by atoms with Crippen molar-refractivity contribution in [3.05, 3.63) is 53.6 Å². The molecule has 96 valence electrons. The summed E-state index contributed by atoms with van der Waals surface area (Å²) in [4.78, 5) is 4.30. The van der Waals surface area contributed by atoms with Gasteiger partial charge in [-0.2, -0.15) is 0 Å². The SMILES string of the molecule is CC(Nc1nccn2cnnc12)c1ccccc1Cl. The number of benzene rings is 1. The van der Waals surface area contributed by atoms with E-state index in [4.69, 9.17) is 11.6 Å². The van der Waals surface area contributed by atoms with E-state index in [0.717, 1.165) is 10.6 Å². The first kappa shape index (κ1) is 11.9. The van der Waals surface area contributed by atoms with Gasteiger partial charge in [0.25, 0.3) is 0 Å². The van der Waals surface area contributed by atoms with Gasteiger partial charge in [-0.15, -0.1) is 10.2 Å². The molecule has 0 saturated carbocycles. The second-order valence-corrected chi connectivity index (χ2v) is 4.63. The minimum Gasteiger partial charge on any atom is -0.360 e. The van der Waals surface area contributed by atoms with E-state index in [9.17, 15) is 0 Å². The lowest BCUT2D eigenvalue weighted by Gasteiger charge is -2.16. The Morgan fingerprint density at radius 1 is 1.32 bits per heavy atom. The van der Waals surface area contributed by atoms with E-state index in [-0.39, 0.29) is 6.04 Å². The van der Waals surface area contributed by atoms with Crippen LogP contribution in [0.3, 0.4) is 0 Å². The predicted molar refractivity (Wildman–Crippen MR) is 74.3 cm³/mol. The van der Waals surface area contributed by atoms with E-state index in [0.29, 0.717) is 11.5 Å². The van der Waals surface area contributed by atoms with Crippen LogP contribution in [0.15, 0.2) is 43.0 Å². The molecule has 0 aliphatic heterocycles. The van der Waals surface area contributed by atoms with Crippen molar-refractivity contribution >= 4 is 23.1 Å². The highest BCUT2D eigenvalue weighted by atomic mass is 35.5. The third-order valence-corrected chi connectivity index (χ3v) is 3.28. The zero-order valence-corrected chi connectivity index (χ0v) is 11.0. The summed E-state index contributed by atoms with van der Waals surface area (Å²) < 4.78 is 1.81. The third-order valence-electron chi connectivity index (χ3n) is 2.94. The summed E-state index contributed by atoms with van der Waals surface area (Å²) in [7, 11) is 0. The molecule has 1 N–H and O–H groups in total. The Morgan fingerprint density at radius 3 is 3.00 bits per heavy atom. The molecule has 1 unspecified atom stereocenters. The molecule has 0 bridgehead atoms. The van der Waals surface area contributed by atoms with E-state index in [1.165, 1.54) is 0 Å². The molecule has 0 saturated heterocycles. The molecule has 6 heteroatoms. The van der Waals surface area contributed by atoms with Crippen molar-refractivity contribution < 1.29 is 0 Å². The Kier molecular flexibility index (Phi) is 3.05. The quantitative estimate of drug-likeness (QED) is 0.797. The zero-order valence-electron chi connectivity index (χ0n) is 10.3. The fourth-order valence-electron chi connectivity index (χ4n) is 1.97. The number of aromatic nitrogens is 4. The minimum atomic E-state index is 0.0316. The summed E-state index contributed by atoms with van der Waals surface area (Å²) in [5, 5.41) is 12.0. The van der Waals surface area contributed by atoms with Crippen molar-refractivity contribution in [2.45, 2.75) is 13.0 Å².